The molecular weight excluding hydrogens is 294 g/mol. The normalized spacial score (nSPS) is 10.7. The number of aromatic nitrogens is 1. The van der Waals surface area contributed by atoms with E-state index in [1.54, 1.807) is 21.0 Å². The molecule has 122 valence electrons. The second kappa shape index (κ2) is 7.13. The first-order valence-electron chi connectivity index (χ1n) is 7.57. The van der Waals surface area contributed by atoms with Crippen LogP contribution in [0.3, 0.4) is 0 Å². The summed E-state index contributed by atoms with van der Waals surface area (Å²) in [6.45, 7) is 5.51. The maximum absolute atomic E-state index is 12.3. The zero-order chi connectivity index (χ0) is 17.0. The van der Waals surface area contributed by atoms with Gasteiger partial charge in [0.25, 0.3) is 0 Å². The number of rotatable bonds is 6. The molecule has 1 heterocycles. The van der Waals surface area contributed by atoms with Crippen LogP contribution >= 0.6 is 0 Å². The molecule has 1 N–H and O–H groups in total. The molecule has 1 aromatic heterocycles. The van der Waals surface area contributed by atoms with Gasteiger partial charge in [0.15, 0.2) is 6.29 Å². The zero-order valence-electron chi connectivity index (χ0n) is 13.8. The fourth-order valence-corrected chi connectivity index (χ4v) is 2.56. The number of hydrogen-bond donors (Lipinski definition) is 1. The van der Waals surface area contributed by atoms with Gasteiger partial charge in [0.2, 0.25) is 0 Å². The van der Waals surface area contributed by atoms with Crippen LogP contribution in [-0.2, 0) is 11.2 Å². The fraction of sp³-hybridized carbons (Fsp3) is 0.333. The van der Waals surface area contributed by atoms with Crippen molar-refractivity contribution in [3.05, 3.63) is 41.2 Å². The highest BCUT2D eigenvalue weighted by atomic mass is 16.5. The van der Waals surface area contributed by atoms with Crippen LogP contribution in [0.5, 0.6) is 5.75 Å². The summed E-state index contributed by atoms with van der Waals surface area (Å²) in [5, 5.41) is 0. The lowest BCUT2D eigenvalue weighted by Gasteiger charge is -2.09. The quantitative estimate of drug-likeness (QED) is 0.653. The second-order valence-electron chi connectivity index (χ2n) is 5.42. The summed E-state index contributed by atoms with van der Waals surface area (Å²) >= 11 is 0. The number of aromatic amines is 1. The predicted octanol–water partition coefficient (Wildman–Crippen LogP) is 3.63. The summed E-state index contributed by atoms with van der Waals surface area (Å²) in [5.74, 6) is 0.239. The third-order valence-electron chi connectivity index (χ3n) is 3.51. The highest BCUT2D eigenvalue weighted by Crippen LogP contribution is 2.32. The van der Waals surface area contributed by atoms with Crippen molar-refractivity contribution < 1.29 is 19.1 Å². The molecule has 23 heavy (non-hydrogen) atoms. The Morgan fingerprint density at radius 3 is 2.65 bits per heavy atom. The van der Waals surface area contributed by atoms with Gasteiger partial charge in [-0.3, -0.25) is 4.79 Å². The molecule has 0 fully saturated rings. The van der Waals surface area contributed by atoms with Crippen molar-refractivity contribution in [1.29, 1.82) is 0 Å². The van der Waals surface area contributed by atoms with E-state index in [0.717, 1.165) is 23.0 Å². The molecule has 0 amide bonds. The summed E-state index contributed by atoms with van der Waals surface area (Å²) in [6, 6.07) is 7.40. The molecule has 0 bridgehead atoms. The van der Waals surface area contributed by atoms with Crippen LogP contribution in [0.15, 0.2) is 24.3 Å². The molecule has 0 unspecified atom stereocenters. The van der Waals surface area contributed by atoms with Crippen molar-refractivity contribution in [2.45, 2.75) is 33.3 Å². The van der Waals surface area contributed by atoms with Crippen LogP contribution in [0.25, 0.3) is 11.1 Å². The van der Waals surface area contributed by atoms with E-state index in [2.05, 4.69) is 4.98 Å². The number of hydrogen-bond acceptors (Lipinski definition) is 4. The minimum absolute atomic E-state index is 0.226. The topological polar surface area (TPSA) is 68.4 Å². The molecule has 1 aromatic carbocycles. The summed E-state index contributed by atoms with van der Waals surface area (Å²) in [6.07, 6.45) is 1.09. The zero-order valence-corrected chi connectivity index (χ0v) is 13.8. The SMILES string of the molecule is CCc1c(C(=O)OC(C)C)[nH]c(C=O)c1-c1cccc(OC)c1. The van der Waals surface area contributed by atoms with E-state index in [9.17, 15) is 9.59 Å². The number of carbonyl (C=O) groups is 2. The van der Waals surface area contributed by atoms with Crippen LogP contribution in [0.1, 0.15) is 47.3 Å². The van der Waals surface area contributed by atoms with Crippen LogP contribution in [-0.4, -0.2) is 30.5 Å². The first-order valence-corrected chi connectivity index (χ1v) is 7.57. The molecule has 0 aliphatic rings. The molecule has 0 spiro atoms. The molecule has 2 rings (SSSR count). The van der Waals surface area contributed by atoms with Crippen LogP contribution < -0.4 is 4.74 Å². The first-order chi connectivity index (χ1) is 11.0. The molecule has 5 heteroatoms. The smallest absolute Gasteiger partial charge is 0.355 e. The fourth-order valence-electron chi connectivity index (χ4n) is 2.56. The van der Waals surface area contributed by atoms with E-state index in [1.165, 1.54) is 0 Å². The average Bonchev–Trinajstić information content (AvgIpc) is 2.93. The maximum atomic E-state index is 12.3. The highest BCUT2D eigenvalue weighted by molar-refractivity contribution is 5.97. The molecular formula is C18H21NO4. The number of H-pyrrole nitrogens is 1. The number of esters is 1. The summed E-state index contributed by atoms with van der Waals surface area (Å²) < 4.78 is 10.5. The Morgan fingerprint density at radius 1 is 1.35 bits per heavy atom. The van der Waals surface area contributed by atoms with Crippen molar-refractivity contribution in [1.82, 2.24) is 4.98 Å². The van der Waals surface area contributed by atoms with Crippen molar-refractivity contribution in [3.63, 3.8) is 0 Å². The van der Waals surface area contributed by atoms with Crippen LogP contribution in [0, 0.1) is 0 Å². The van der Waals surface area contributed by atoms with E-state index in [0.29, 0.717) is 23.6 Å². The minimum Gasteiger partial charge on any atom is -0.497 e. The third kappa shape index (κ3) is 3.44. The molecule has 0 saturated heterocycles. The number of benzene rings is 1. The highest BCUT2D eigenvalue weighted by Gasteiger charge is 2.23. The molecule has 0 aliphatic heterocycles. The summed E-state index contributed by atoms with van der Waals surface area (Å²) in [5.41, 5.74) is 3.01. The van der Waals surface area contributed by atoms with Gasteiger partial charge in [0, 0.05) is 5.56 Å². The van der Waals surface area contributed by atoms with Gasteiger partial charge in [0.05, 0.1) is 18.9 Å². The average molecular weight is 315 g/mol. The molecule has 0 radical (unpaired) electrons. The summed E-state index contributed by atoms with van der Waals surface area (Å²) in [7, 11) is 1.59. The van der Waals surface area contributed by atoms with Crippen LogP contribution in [0.4, 0.5) is 0 Å². The van der Waals surface area contributed by atoms with Crippen molar-refractivity contribution >= 4 is 12.3 Å². The van der Waals surface area contributed by atoms with Gasteiger partial charge in [-0.1, -0.05) is 19.1 Å². The standard InChI is InChI=1S/C18H21NO4/c1-5-14-16(12-7-6-8-13(9-12)22-4)15(10-20)19-17(14)18(21)23-11(2)3/h6-11,19H,5H2,1-4H3. The number of nitrogens with one attached hydrogen (secondary N) is 1. The van der Waals surface area contributed by atoms with Gasteiger partial charge >= 0.3 is 5.97 Å². The molecule has 5 nitrogen and oxygen atoms in total. The first kappa shape index (κ1) is 16.8. The predicted molar refractivity (Wildman–Crippen MR) is 88.1 cm³/mol. The Labute approximate surface area is 135 Å². The monoisotopic (exact) mass is 315 g/mol. The van der Waals surface area contributed by atoms with Gasteiger partial charge in [-0.2, -0.15) is 0 Å². The number of methoxy groups -OCH3 is 1. The van der Waals surface area contributed by atoms with E-state index < -0.39 is 5.97 Å². The van der Waals surface area contributed by atoms with E-state index >= 15 is 0 Å². The third-order valence-corrected chi connectivity index (χ3v) is 3.51. The Kier molecular flexibility index (Phi) is 5.21. The van der Waals surface area contributed by atoms with Crippen molar-refractivity contribution in [3.8, 4) is 16.9 Å². The van der Waals surface area contributed by atoms with Gasteiger partial charge in [-0.25, -0.2) is 4.79 Å². The second-order valence-corrected chi connectivity index (χ2v) is 5.42. The number of carbonyl (C=O) groups excluding carboxylic acids is 2. The molecule has 0 aliphatic carbocycles. The Morgan fingerprint density at radius 2 is 2.09 bits per heavy atom. The largest absolute Gasteiger partial charge is 0.497 e. The lowest BCUT2D eigenvalue weighted by Crippen LogP contribution is -2.13. The lowest BCUT2D eigenvalue weighted by molar-refractivity contribution is 0.0370. The molecule has 0 atom stereocenters. The lowest BCUT2D eigenvalue weighted by atomic mass is 9.98. The van der Waals surface area contributed by atoms with Crippen molar-refractivity contribution in [2.75, 3.05) is 7.11 Å². The molecule has 0 saturated carbocycles. The van der Waals surface area contributed by atoms with Gasteiger partial charge < -0.3 is 14.5 Å². The Bertz CT molecular complexity index is 716. The Balaban J connectivity index is 2.60. The maximum Gasteiger partial charge on any atom is 0.355 e. The van der Waals surface area contributed by atoms with Gasteiger partial charge in [0.1, 0.15) is 11.4 Å². The Hall–Kier alpha value is -2.56. The van der Waals surface area contributed by atoms with Crippen LogP contribution in [0.2, 0.25) is 0 Å². The van der Waals surface area contributed by atoms with E-state index in [1.807, 2.05) is 31.2 Å². The van der Waals surface area contributed by atoms with E-state index in [4.69, 9.17) is 9.47 Å². The number of aldehydes is 1. The van der Waals surface area contributed by atoms with E-state index in [-0.39, 0.29) is 6.10 Å². The minimum atomic E-state index is -0.450. The van der Waals surface area contributed by atoms with Gasteiger partial charge in [-0.15, -0.1) is 0 Å². The molecule has 2 aromatic rings. The number of ether oxygens (including phenoxy) is 2. The van der Waals surface area contributed by atoms with Crippen molar-refractivity contribution in [2.24, 2.45) is 0 Å². The summed E-state index contributed by atoms with van der Waals surface area (Å²) in [4.78, 5) is 26.7. The van der Waals surface area contributed by atoms with Gasteiger partial charge in [-0.05, 0) is 43.5 Å².